The van der Waals surface area contributed by atoms with Crippen molar-refractivity contribution in [2.45, 2.75) is 90.9 Å². The molecule has 0 aromatic carbocycles. The lowest BCUT2D eigenvalue weighted by Crippen LogP contribution is -2.64. The van der Waals surface area contributed by atoms with Gasteiger partial charge in [-0.1, -0.05) is 25.7 Å². The van der Waals surface area contributed by atoms with Crippen molar-refractivity contribution in [3.8, 4) is 24.2 Å². The summed E-state index contributed by atoms with van der Waals surface area (Å²) < 4.78 is 5.39. The Morgan fingerprint density at radius 1 is 0.871 bits per heavy atom. The van der Waals surface area contributed by atoms with E-state index in [1.165, 1.54) is 77.0 Å². The monoisotopic (exact) mass is 418 g/mol. The average molecular weight is 419 g/mol. The van der Waals surface area contributed by atoms with Gasteiger partial charge in [0.15, 0.2) is 0 Å². The maximum absolute atomic E-state index is 12.3. The van der Waals surface area contributed by atoms with Crippen LogP contribution in [0.25, 0.3) is 0 Å². The van der Waals surface area contributed by atoms with Gasteiger partial charge in [0.25, 0.3) is 0 Å². The first-order valence-corrected chi connectivity index (χ1v) is 12.9. The predicted octanol–water partition coefficient (Wildman–Crippen LogP) is 6.00. The predicted molar refractivity (Wildman–Crippen MR) is 122 cm³/mol. The van der Waals surface area contributed by atoms with Gasteiger partial charge in [-0.2, -0.15) is 0 Å². The van der Waals surface area contributed by atoms with Crippen molar-refractivity contribution in [1.29, 1.82) is 0 Å². The Kier molecular flexibility index (Phi) is 4.28. The molecule has 8 rings (SSSR count). The molecular weight excluding hydrogens is 380 g/mol. The van der Waals surface area contributed by atoms with E-state index in [1.807, 2.05) is 0 Å². The van der Waals surface area contributed by atoms with Crippen LogP contribution in [0.3, 0.4) is 0 Å². The fourth-order valence-corrected chi connectivity index (χ4v) is 10.5. The van der Waals surface area contributed by atoms with Crippen LogP contribution in [0.2, 0.25) is 0 Å². The molecular formula is C29H38O2. The Hall–Kier alpha value is -1.41. The number of esters is 1. The van der Waals surface area contributed by atoms with E-state index in [9.17, 15) is 4.79 Å². The van der Waals surface area contributed by atoms with Crippen molar-refractivity contribution < 1.29 is 9.53 Å². The first-order chi connectivity index (χ1) is 14.8. The molecule has 8 saturated carbocycles. The summed E-state index contributed by atoms with van der Waals surface area (Å²) in [5.74, 6) is 13.2. The standard InChI is InChI=1S/C29H38O2/c1-4-26-9-21-7-22(10-26)14-28(13-21,18-26)29-15-23-8-24(16-29)12-27(11-23,19-29)6-5-25(30)31-17-20(2)3/h1,20-24H,7-19H2,2-3H3. The van der Waals surface area contributed by atoms with Crippen molar-refractivity contribution >= 4 is 5.97 Å². The fraction of sp³-hybridized carbons (Fsp3) is 0.828. The van der Waals surface area contributed by atoms with Gasteiger partial charge >= 0.3 is 5.97 Å². The van der Waals surface area contributed by atoms with Crippen molar-refractivity contribution in [3.63, 3.8) is 0 Å². The Morgan fingerprint density at radius 3 is 1.84 bits per heavy atom. The summed E-state index contributed by atoms with van der Waals surface area (Å²) in [6.07, 6.45) is 22.2. The van der Waals surface area contributed by atoms with Crippen LogP contribution < -0.4 is 0 Å². The molecule has 0 N–H and O–H groups in total. The van der Waals surface area contributed by atoms with E-state index in [0.717, 1.165) is 23.7 Å². The molecule has 0 amide bonds. The van der Waals surface area contributed by atoms with E-state index >= 15 is 0 Å². The second-order valence-electron chi connectivity index (χ2n) is 13.4. The van der Waals surface area contributed by atoms with E-state index in [1.54, 1.807) is 0 Å². The number of rotatable bonds is 3. The molecule has 0 aromatic heterocycles. The molecule has 0 saturated heterocycles. The molecule has 8 aliphatic rings. The summed E-state index contributed by atoms with van der Waals surface area (Å²) in [5, 5.41) is 0. The highest BCUT2D eigenvalue weighted by atomic mass is 16.5. The summed E-state index contributed by atoms with van der Waals surface area (Å²) in [7, 11) is 0. The fourth-order valence-electron chi connectivity index (χ4n) is 10.5. The summed E-state index contributed by atoms with van der Waals surface area (Å²) in [4.78, 5) is 12.3. The Bertz CT molecular complexity index is 864. The van der Waals surface area contributed by atoms with Crippen LogP contribution in [0.5, 0.6) is 0 Å². The smallest absolute Gasteiger partial charge is 0.384 e. The lowest BCUT2D eigenvalue weighted by molar-refractivity contribution is -0.220. The molecule has 4 atom stereocenters. The molecule has 0 aliphatic heterocycles. The maximum Gasteiger partial charge on any atom is 0.384 e. The van der Waals surface area contributed by atoms with Crippen LogP contribution >= 0.6 is 0 Å². The van der Waals surface area contributed by atoms with Crippen LogP contribution in [0.1, 0.15) is 90.9 Å². The molecule has 166 valence electrons. The third-order valence-electron chi connectivity index (χ3n) is 10.5. The number of terminal acetylenes is 1. The minimum absolute atomic E-state index is 0.0492. The van der Waals surface area contributed by atoms with Gasteiger partial charge in [0, 0.05) is 16.8 Å². The zero-order valence-corrected chi connectivity index (χ0v) is 19.5. The first kappa shape index (κ1) is 20.2. The van der Waals surface area contributed by atoms with E-state index < -0.39 is 0 Å². The highest BCUT2D eigenvalue weighted by Crippen LogP contribution is 2.78. The van der Waals surface area contributed by atoms with Gasteiger partial charge in [-0.15, -0.1) is 6.42 Å². The molecule has 8 aliphatic carbocycles. The topological polar surface area (TPSA) is 26.3 Å². The van der Waals surface area contributed by atoms with Gasteiger partial charge in [0.1, 0.15) is 0 Å². The first-order valence-electron chi connectivity index (χ1n) is 12.9. The summed E-state index contributed by atoms with van der Waals surface area (Å²) in [6.45, 7) is 4.60. The van der Waals surface area contributed by atoms with Crippen LogP contribution in [0, 0.1) is 75.4 Å². The van der Waals surface area contributed by atoms with Gasteiger partial charge in [-0.3, -0.25) is 0 Å². The number of hydrogen-bond donors (Lipinski definition) is 0. The highest BCUT2D eigenvalue weighted by Gasteiger charge is 2.69. The second-order valence-corrected chi connectivity index (χ2v) is 13.4. The van der Waals surface area contributed by atoms with Gasteiger partial charge in [0.2, 0.25) is 0 Å². The lowest BCUT2D eigenvalue weighted by atomic mass is 9.31. The number of carbonyl (C=O) groups excluding carboxylic acids is 1. The van der Waals surface area contributed by atoms with Crippen LogP contribution in [-0.4, -0.2) is 12.6 Å². The van der Waals surface area contributed by atoms with Gasteiger partial charge in [-0.05, 0) is 117 Å². The molecule has 4 unspecified atom stereocenters. The third kappa shape index (κ3) is 3.04. The molecule has 0 spiro atoms. The van der Waals surface area contributed by atoms with Crippen molar-refractivity contribution in [2.75, 3.05) is 6.61 Å². The zero-order chi connectivity index (χ0) is 21.5. The summed E-state index contributed by atoms with van der Waals surface area (Å²) >= 11 is 0. The highest BCUT2D eigenvalue weighted by molar-refractivity contribution is 5.88. The van der Waals surface area contributed by atoms with Crippen LogP contribution in [-0.2, 0) is 9.53 Å². The minimum atomic E-state index is -0.320. The van der Waals surface area contributed by atoms with E-state index in [2.05, 4.69) is 31.6 Å². The molecule has 2 nitrogen and oxygen atoms in total. The van der Waals surface area contributed by atoms with Gasteiger partial charge in [-0.25, -0.2) is 4.79 Å². The van der Waals surface area contributed by atoms with Crippen molar-refractivity contribution in [1.82, 2.24) is 0 Å². The van der Waals surface area contributed by atoms with Crippen LogP contribution in [0.4, 0.5) is 0 Å². The average Bonchev–Trinajstić information content (AvgIpc) is 2.69. The van der Waals surface area contributed by atoms with Crippen molar-refractivity contribution in [3.05, 3.63) is 0 Å². The lowest BCUT2D eigenvalue weighted by Gasteiger charge is -2.73. The zero-order valence-electron chi connectivity index (χ0n) is 19.5. The Balaban J connectivity index is 1.32. The quantitative estimate of drug-likeness (QED) is 0.319. The van der Waals surface area contributed by atoms with Crippen LogP contribution in [0.15, 0.2) is 0 Å². The maximum atomic E-state index is 12.3. The number of hydrogen-bond acceptors (Lipinski definition) is 2. The molecule has 0 heterocycles. The van der Waals surface area contributed by atoms with E-state index in [4.69, 9.17) is 11.2 Å². The van der Waals surface area contributed by atoms with Crippen molar-refractivity contribution in [2.24, 2.45) is 51.2 Å². The normalized spacial score (nSPS) is 50.8. The summed E-state index contributed by atoms with van der Waals surface area (Å²) in [6, 6.07) is 0. The van der Waals surface area contributed by atoms with Gasteiger partial charge < -0.3 is 4.74 Å². The third-order valence-corrected chi connectivity index (χ3v) is 10.5. The molecule has 8 fully saturated rings. The van der Waals surface area contributed by atoms with Gasteiger partial charge in [0.05, 0.1) is 6.61 Å². The number of ether oxygens (including phenoxy) is 1. The molecule has 31 heavy (non-hydrogen) atoms. The van der Waals surface area contributed by atoms with E-state index in [-0.39, 0.29) is 16.8 Å². The molecule has 2 heteroatoms. The largest absolute Gasteiger partial charge is 0.456 e. The minimum Gasteiger partial charge on any atom is -0.456 e. The molecule has 0 radical (unpaired) electrons. The molecule has 8 bridgehead atoms. The second kappa shape index (κ2) is 6.56. The SMILES string of the molecule is C#CC12CC3CC(C1)CC(C14CC5CC(CC(C#CC(=O)OCC(C)C)(C5)C1)C4)(C3)C2. The molecule has 0 aromatic rings. The van der Waals surface area contributed by atoms with E-state index in [0.29, 0.717) is 23.4 Å². The number of carbonyl (C=O) groups is 1. The Morgan fingerprint density at radius 2 is 1.35 bits per heavy atom. The summed E-state index contributed by atoms with van der Waals surface area (Å²) in [5.41, 5.74) is 1.11. The Labute approximate surface area is 188 Å².